The minimum Gasteiger partial charge on any atom is -0.310 e. The quantitative estimate of drug-likeness (QED) is 0.817. The number of halogens is 1. The molecule has 3 nitrogen and oxygen atoms in total. The van der Waals surface area contributed by atoms with Gasteiger partial charge in [0.05, 0.1) is 0 Å². The number of hydrogen-bond acceptors (Lipinski definition) is 2. The summed E-state index contributed by atoms with van der Waals surface area (Å²) < 4.78 is 0. The van der Waals surface area contributed by atoms with E-state index >= 15 is 0 Å². The van der Waals surface area contributed by atoms with Gasteiger partial charge in [-0.2, -0.15) is 0 Å². The van der Waals surface area contributed by atoms with E-state index in [1.165, 1.54) is 12.8 Å². The highest BCUT2D eigenvalue weighted by atomic mass is 35.5. The zero-order chi connectivity index (χ0) is 12.1. The molecule has 0 atom stereocenters. The van der Waals surface area contributed by atoms with Crippen LogP contribution in [0.25, 0.3) is 0 Å². The first-order valence-electron chi connectivity index (χ1n) is 6.18. The van der Waals surface area contributed by atoms with Gasteiger partial charge in [-0.15, -0.1) is 0 Å². The first-order chi connectivity index (χ1) is 8.25. The van der Waals surface area contributed by atoms with Crippen LogP contribution < -0.4 is 5.32 Å². The summed E-state index contributed by atoms with van der Waals surface area (Å²) in [6.07, 6.45) is 8.39. The minimum atomic E-state index is 0.0849. The number of carbonyl (C=O) groups excluding carboxylic acids is 1. The zero-order valence-corrected chi connectivity index (χ0v) is 10.5. The third-order valence-electron chi connectivity index (χ3n) is 3.20. The summed E-state index contributed by atoms with van der Waals surface area (Å²) in [5.74, 6) is 0.770. The Labute approximate surface area is 107 Å². The van der Waals surface area contributed by atoms with E-state index in [0.717, 1.165) is 25.7 Å². The Balaban J connectivity index is 1.95. The molecule has 4 heteroatoms. The van der Waals surface area contributed by atoms with Crippen LogP contribution in [0.15, 0.2) is 18.3 Å². The normalized spacial score (nSPS) is 17.5. The largest absolute Gasteiger partial charge is 0.310 e. The van der Waals surface area contributed by atoms with Crippen molar-refractivity contribution in [3.63, 3.8) is 0 Å². The molecule has 0 aromatic carbocycles. The number of nitrogens with one attached hydrogen (secondary N) is 1. The topological polar surface area (TPSA) is 42.0 Å². The Morgan fingerprint density at radius 2 is 2.00 bits per heavy atom. The monoisotopic (exact) mass is 252 g/mol. The van der Waals surface area contributed by atoms with E-state index in [1.54, 1.807) is 18.3 Å². The molecule has 1 heterocycles. The molecule has 0 saturated heterocycles. The first kappa shape index (κ1) is 12.4. The Hall–Kier alpha value is -1.09. The van der Waals surface area contributed by atoms with Crippen molar-refractivity contribution in [1.29, 1.82) is 0 Å². The lowest BCUT2D eigenvalue weighted by molar-refractivity contribution is -0.120. The van der Waals surface area contributed by atoms with Gasteiger partial charge in [0.1, 0.15) is 5.82 Å². The van der Waals surface area contributed by atoms with E-state index in [0.29, 0.717) is 10.8 Å². The van der Waals surface area contributed by atoms with Gasteiger partial charge in [0.25, 0.3) is 0 Å². The number of nitrogens with zero attached hydrogens (tertiary/aromatic N) is 1. The van der Waals surface area contributed by atoms with E-state index in [-0.39, 0.29) is 11.8 Å². The van der Waals surface area contributed by atoms with Crippen molar-refractivity contribution >= 4 is 23.3 Å². The third-order valence-corrected chi connectivity index (χ3v) is 3.43. The van der Waals surface area contributed by atoms with Gasteiger partial charge in [-0.25, -0.2) is 4.98 Å². The van der Waals surface area contributed by atoms with Crippen molar-refractivity contribution in [2.24, 2.45) is 5.92 Å². The summed E-state index contributed by atoms with van der Waals surface area (Å²) in [5.41, 5.74) is 0. The average molecular weight is 253 g/mol. The SMILES string of the molecule is O=C(Nc1cc(Cl)ccn1)C1CCCCCC1. The van der Waals surface area contributed by atoms with Crippen molar-refractivity contribution in [3.8, 4) is 0 Å². The van der Waals surface area contributed by atoms with Gasteiger partial charge in [0.15, 0.2) is 0 Å². The van der Waals surface area contributed by atoms with Crippen molar-refractivity contribution in [3.05, 3.63) is 23.4 Å². The summed E-state index contributed by atoms with van der Waals surface area (Å²) in [6, 6.07) is 3.37. The maximum atomic E-state index is 12.0. The molecule has 1 aromatic rings. The number of rotatable bonds is 2. The van der Waals surface area contributed by atoms with Crippen molar-refractivity contribution in [2.75, 3.05) is 5.32 Å². The number of amides is 1. The Kier molecular flexibility index (Phi) is 4.37. The molecule has 92 valence electrons. The van der Waals surface area contributed by atoms with Crippen LogP contribution >= 0.6 is 11.6 Å². The number of hydrogen-bond donors (Lipinski definition) is 1. The first-order valence-corrected chi connectivity index (χ1v) is 6.56. The number of pyridine rings is 1. The lowest BCUT2D eigenvalue weighted by Crippen LogP contribution is -2.22. The van der Waals surface area contributed by atoms with Crippen LogP contribution in [0, 0.1) is 5.92 Å². The van der Waals surface area contributed by atoms with Gasteiger partial charge < -0.3 is 5.32 Å². The second-order valence-electron chi connectivity index (χ2n) is 4.54. The number of carbonyl (C=O) groups is 1. The number of anilines is 1. The lowest BCUT2D eigenvalue weighted by atomic mass is 9.99. The number of aromatic nitrogens is 1. The summed E-state index contributed by atoms with van der Waals surface area (Å²) in [6.45, 7) is 0. The highest BCUT2D eigenvalue weighted by Crippen LogP contribution is 2.24. The van der Waals surface area contributed by atoms with Crippen LogP contribution in [0.1, 0.15) is 38.5 Å². The third kappa shape index (κ3) is 3.70. The van der Waals surface area contributed by atoms with Gasteiger partial charge in [0, 0.05) is 17.1 Å². The van der Waals surface area contributed by atoms with Crippen LogP contribution in [0.5, 0.6) is 0 Å². The predicted molar refractivity (Wildman–Crippen MR) is 69.1 cm³/mol. The average Bonchev–Trinajstić information content (AvgIpc) is 2.57. The molecule has 0 unspecified atom stereocenters. The highest BCUT2D eigenvalue weighted by molar-refractivity contribution is 6.30. The van der Waals surface area contributed by atoms with Crippen molar-refractivity contribution < 1.29 is 4.79 Å². The Bertz CT molecular complexity index is 387. The molecule has 1 aromatic heterocycles. The van der Waals surface area contributed by atoms with E-state index in [4.69, 9.17) is 11.6 Å². The molecule has 1 N–H and O–H groups in total. The van der Waals surface area contributed by atoms with E-state index < -0.39 is 0 Å². The van der Waals surface area contributed by atoms with Crippen LogP contribution in [-0.4, -0.2) is 10.9 Å². The standard InChI is InChI=1S/C13H17ClN2O/c14-11-7-8-15-12(9-11)16-13(17)10-5-3-1-2-4-6-10/h7-10H,1-6H2,(H,15,16,17). The summed E-state index contributed by atoms with van der Waals surface area (Å²) in [5, 5.41) is 3.44. The summed E-state index contributed by atoms with van der Waals surface area (Å²) in [4.78, 5) is 16.1. The highest BCUT2D eigenvalue weighted by Gasteiger charge is 2.20. The van der Waals surface area contributed by atoms with Gasteiger partial charge in [-0.05, 0) is 25.0 Å². The molecule has 17 heavy (non-hydrogen) atoms. The smallest absolute Gasteiger partial charge is 0.228 e. The summed E-state index contributed by atoms with van der Waals surface area (Å²) in [7, 11) is 0. The van der Waals surface area contributed by atoms with Crippen molar-refractivity contribution in [2.45, 2.75) is 38.5 Å². The molecule has 1 fully saturated rings. The molecule has 1 aliphatic carbocycles. The fraction of sp³-hybridized carbons (Fsp3) is 0.538. The molecular weight excluding hydrogens is 236 g/mol. The maximum absolute atomic E-state index is 12.0. The molecule has 2 rings (SSSR count). The van der Waals surface area contributed by atoms with Crippen LogP contribution in [0.2, 0.25) is 5.02 Å². The Morgan fingerprint density at radius 1 is 1.29 bits per heavy atom. The van der Waals surface area contributed by atoms with E-state index in [9.17, 15) is 4.79 Å². The Morgan fingerprint density at radius 3 is 2.65 bits per heavy atom. The molecule has 0 spiro atoms. The van der Waals surface area contributed by atoms with Gasteiger partial charge >= 0.3 is 0 Å². The summed E-state index contributed by atoms with van der Waals surface area (Å²) >= 11 is 5.85. The molecular formula is C13H17ClN2O. The maximum Gasteiger partial charge on any atom is 0.228 e. The predicted octanol–water partition coefficient (Wildman–Crippen LogP) is 3.64. The molecule has 1 amide bonds. The van der Waals surface area contributed by atoms with Crippen LogP contribution in [-0.2, 0) is 4.79 Å². The van der Waals surface area contributed by atoms with Crippen LogP contribution in [0.4, 0.5) is 5.82 Å². The molecule has 0 aliphatic heterocycles. The zero-order valence-electron chi connectivity index (χ0n) is 9.79. The van der Waals surface area contributed by atoms with Gasteiger partial charge in [0.2, 0.25) is 5.91 Å². The van der Waals surface area contributed by atoms with Crippen LogP contribution in [0.3, 0.4) is 0 Å². The molecule has 1 saturated carbocycles. The van der Waals surface area contributed by atoms with Crippen molar-refractivity contribution in [1.82, 2.24) is 4.98 Å². The molecule has 0 radical (unpaired) electrons. The fourth-order valence-electron chi connectivity index (χ4n) is 2.24. The van der Waals surface area contributed by atoms with Gasteiger partial charge in [-0.3, -0.25) is 4.79 Å². The lowest BCUT2D eigenvalue weighted by Gasteiger charge is -2.13. The molecule has 0 bridgehead atoms. The van der Waals surface area contributed by atoms with E-state index in [2.05, 4.69) is 10.3 Å². The minimum absolute atomic E-state index is 0.0849. The van der Waals surface area contributed by atoms with E-state index in [1.807, 2.05) is 0 Å². The second kappa shape index (κ2) is 6.01. The van der Waals surface area contributed by atoms with Gasteiger partial charge in [-0.1, -0.05) is 37.3 Å². The second-order valence-corrected chi connectivity index (χ2v) is 4.97. The molecule has 1 aliphatic rings. The fourth-order valence-corrected chi connectivity index (χ4v) is 2.40.